The molecule has 1 saturated heterocycles. The fraction of sp³-hybridized carbons (Fsp3) is 0.708. The Kier molecular flexibility index (Phi) is 4.76. The summed E-state index contributed by atoms with van der Waals surface area (Å²) in [5.74, 6) is 1.30. The van der Waals surface area contributed by atoms with E-state index in [-0.39, 0.29) is 0 Å². The minimum absolute atomic E-state index is 0.848. The second-order valence-electron chi connectivity index (χ2n) is 9.68. The fourth-order valence-electron chi connectivity index (χ4n) is 6.12. The molecule has 0 unspecified atom stereocenters. The molecule has 0 spiro atoms. The van der Waals surface area contributed by atoms with Gasteiger partial charge in [-0.15, -0.1) is 0 Å². The molecule has 4 aliphatic rings. The molecule has 1 aromatic carbocycles. The summed E-state index contributed by atoms with van der Waals surface area (Å²) in [7, 11) is 0. The molecule has 0 amide bonds. The SMILES string of the molecule is c1cc2c(cc1N1CCN(C3CCCC3)CC1)nc1n2CCN(C2CCC2)CC1. The first-order chi connectivity index (χ1) is 14.3. The van der Waals surface area contributed by atoms with E-state index in [2.05, 4.69) is 37.5 Å². The average Bonchev–Trinajstić information content (AvgIpc) is 3.32. The van der Waals surface area contributed by atoms with Gasteiger partial charge < -0.3 is 9.47 Å². The Hall–Kier alpha value is -1.59. The number of rotatable bonds is 3. The van der Waals surface area contributed by atoms with E-state index in [0.29, 0.717) is 0 Å². The Labute approximate surface area is 174 Å². The summed E-state index contributed by atoms with van der Waals surface area (Å²) in [5.41, 5.74) is 3.91. The lowest BCUT2D eigenvalue weighted by Crippen LogP contribution is -2.49. The normalized spacial score (nSPS) is 25.3. The van der Waals surface area contributed by atoms with E-state index in [9.17, 15) is 0 Å². The van der Waals surface area contributed by atoms with Crippen molar-refractivity contribution in [3.8, 4) is 0 Å². The van der Waals surface area contributed by atoms with Crippen LogP contribution in [0.15, 0.2) is 18.2 Å². The van der Waals surface area contributed by atoms with Gasteiger partial charge in [-0.25, -0.2) is 4.98 Å². The molecule has 156 valence electrons. The highest BCUT2D eigenvalue weighted by molar-refractivity contribution is 5.80. The third-order valence-corrected chi connectivity index (χ3v) is 8.16. The molecule has 1 aromatic heterocycles. The maximum absolute atomic E-state index is 5.08. The number of hydrogen-bond acceptors (Lipinski definition) is 4. The molecule has 3 fully saturated rings. The predicted octanol–water partition coefficient (Wildman–Crippen LogP) is 3.51. The number of hydrogen-bond donors (Lipinski definition) is 0. The Morgan fingerprint density at radius 1 is 0.724 bits per heavy atom. The summed E-state index contributed by atoms with van der Waals surface area (Å²) in [6.45, 7) is 8.23. The van der Waals surface area contributed by atoms with Crippen LogP contribution in [0.3, 0.4) is 0 Å². The van der Waals surface area contributed by atoms with Crippen LogP contribution in [0.1, 0.15) is 50.8 Å². The van der Waals surface area contributed by atoms with E-state index in [1.807, 2.05) is 0 Å². The van der Waals surface area contributed by atoms with Crippen LogP contribution in [0.4, 0.5) is 5.69 Å². The Morgan fingerprint density at radius 2 is 1.41 bits per heavy atom. The van der Waals surface area contributed by atoms with Crippen molar-refractivity contribution in [3.05, 3.63) is 24.0 Å². The van der Waals surface area contributed by atoms with Crippen LogP contribution in [0.5, 0.6) is 0 Å². The monoisotopic (exact) mass is 393 g/mol. The first kappa shape index (κ1) is 18.2. The van der Waals surface area contributed by atoms with Crippen molar-refractivity contribution in [2.45, 2.75) is 70.0 Å². The topological polar surface area (TPSA) is 27.5 Å². The number of aromatic nitrogens is 2. The number of imidazole rings is 1. The fourth-order valence-corrected chi connectivity index (χ4v) is 6.12. The van der Waals surface area contributed by atoms with Crippen LogP contribution in [0.2, 0.25) is 0 Å². The maximum atomic E-state index is 5.08. The van der Waals surface area contributed by atoms with Gasteiger partial charge in [-0.1, -0.05) is 19.3 Å². The van der Waals surface area contributed by atoms with E-state index in [0.717, 1.165) is 38.1 Å². The van der Waals surface area contributed by atoms with Gasteiger partial charge in [0.2, 0.25) is 0 Å². The molecule has 3 heterocycles. The van der Waals surface area contributed by atoms with Gasteiger partial charge in [0.25, 0.3) is 0 Å². The lowest BCUT2D eigenvalue weighted by atomic mass is 9.91. The summed E-state index contributed by atoms with van der Waals surface area (Å²) in [5, 5.41) is 0. The van der Waals surface area contributed by atoms with Gasteiger partial charge in [0.15, 0.2) is 0 Å². The summed E-state index contributed by atoms with van der Waals surface area (Å²) in [6.07, 6.45) is 11.0. The molecule has 2 aliphatic heterocycles. The second-order valence-corrected chi connectivity index (χ2v) is 9.68. The molecule has 2 aromatic rings. The van der Waals surface area contributed by atoms with Gasteiger partial charge >= 0.3 is 0 Å². The minimum atomic E-state index is 0.848. The summed E-state index contributed by atoms with van der Waals surface area (Å²) in [6, 6.07) is 8.75. The van der Waals surface area contributed by atoms with Crippen molar-refractivity contribution < 1.29 is 0 Å². The highest BCUT2D eigenvalue weighted by atomic mass is 15.3. The molecule has 5 heteroatoms. The first-order valence-corrected chi connectivity index (χ1v) is 12.1. The molecule has 0 radical (unpaired) electrons. The van der Waals surface area contributed by atoms with Crippen LogP contribution < -0.4 is 4.90 Å². The van der Waals surface area contributed by atoms with Crippen molar-refractivity contribution in [2.24, 2.45) is 0 Å². The minimum Gasteiger partial charge on any atom is -0.369 e. The van der Waals surface area contributed by atoms with Gasteiger partial charge in [0, 0.05) is 70.0 Å². The smallest absolute Gasteiger partial charge is 0.111 e. The molecule has 0 atom stereocenters. The van der Waals surface area contributed by atoms with E-state index in [1.165, 1.54) is 93.7 Å². The quantitative estimate of drug-likeness (QED) is 0.798. The van der Waals surface area contributed by atoms with Gasteiger partial charge in [-0.3, -0.25) is 9.80 Å². The standard InChI is InChI=1S/C24H35N5/c1-2-5-19(4-1)27-12-14-28(15-13-27)21-8-9-23-22(18-21)25-24-10-11-26(16-17-29(23)24)20-6-3-7-20/h8-9,18-20H,1-7,10-17H2. The van der Waals surface area contributed by atoms with Crippen LogP contribution in [0.25, 0.3) is 11.0 Å². The van der Waals surface area contributed by atoms with Crippen LogP contribution in [-0.2, 0) is 13.0 Å². The molecular formula is C24H35N5. The summed E-state index contributed by atoms with van der Waals surface area (Å²) >= 11 is 0. The number of benzene rings is 1. The number of piperazine rings is 1. The Balaban J connectivity index is 1.16. The van der Waals surface area contributed by atoms with Crippen molar-refractivity contribution in [1.29, 1.82) is 0 Å². The average molecular weight is 394 g/mol. The third kappa shape index (κ3) is 3.36. The van der Waals surface area contributed by atoms with Gasteiger partial charge in [-0.05, 0) is 43.9 Å². The molecule has 6 rings (SSSR count). The second kappa shape index (κ2) is 7.59. The van der Waals surface area contributed by atoms with Gasteiger partial charge in [0.1, 0.15) is 5.82 Å². The largest absolute Gasteiger partial charge is 0.369 e. The molecular weight excluding hydrogens is 358 g/mol. The van der Waals surface area contributed by atoms with Crippen molar-refractivity contribution >= 4 is 16.7 Å². The lowest BCUT2D eigenvalue weighted by Gasteiger charge is -2.39. The predicted molar refractivity (Wildman–Crippen MR) is 119 cm³/mol. The molecule has 0 N–H and O–H groups in total. The molecule has 0 bridgehead atoms. The van der Waals surface area contributed by atoms with Gasteiger partial charge in [0.05, 0.1) is 11.0 Å². The van der Waals surface area contributed by atoms with Crippen molar-refractivity contribution in [2.75, 3.05) is 44.2 Å². The number of fused-ring (bicyclic) bond motifs is 3. The third-order valence-electron chi connectivity index (χ3n) is 8.16. The van der Waals surface area contributed by atoms with E-state index in [4.69, 9.17) is 4.98 Å². The van der Waals surface area contributed by atoms with Crippen molar-refractivity contribution in [3.63, 3.8) is 0 Å². The maximum Gasteiger partial charge on any atom is 0.111 e. The summed E-state index contributed by atoms with van der Waals surface area (Å²) in [4.78, 5) is 13.1. The van der Waals surface area contributed by atoms with E-state index >= 15 is 0 Å². The number of anilines is 1. The van der Waals surface area contributed by atoms with Crippen molar-refractivity contribution in [1.82, 2.24) is 19.4 Å². The van der Waals surface area contributed by atoms with Gasteiger partial charge in [-0.2, -0.15) is 0 Å². The zero-order chi connectivity index (χ0) is 19.2. The number of nitrogens with zero attached hydrogens (tertiary/aromatic N) is 5. The molecule has 2 aliphatic carbocycles. The van der Waals surface area contributed by atoms with E-state index in [1.54, 1.807) is 0 Å². The lowest BCUT2D eigenvalue weighted by molar-refractivity contribution is 0.130. The molecule has 5 nitrogen and oxygen atoms in total. The highest BCUT2D eigenvalue weighted by Gasteiger charge is 2.28. The first-order valence-electron chi connectivity index (χ1n) is 12.1. The highest BCUT2D eigenvalue weighted by Crippen LogP contribution is 2.30. The Morgan fingerprint density at radius 3 is 2.14 bits per heavy atom. The zero-order valence-corrected chi connectivity index (χ0v) is 17.7. The zero-order valence-electron chi connectivity index (χ0n) is 17.7. The van der Waals surface area contributed by atoms with Crippen LogP contribution in [0, 0.1) is 0 Å². The van der Waals surface area contributed by atoms with Crippen LogP contribution in [-0.4, -0.2) is 70.7 Å². The summed E-state index contributed by atoms with van der Waals surface area (Å²) < 4.78 is 2.50. The van der Waals surface area contributed by atoms with Crippen LogP contribution >= 0.6 is 0 Å². The van der Waals surface area contributed by atoms with E-state index < -0.39 is 0 Å². The molecule has 29 heavy (non-hydrogen) atoms. The molecule has 2 saturated carbocycles. The Bertz CT molecular complexity index is 856.